The fraction of sp³-hybridized carbons (Fsp3) is 0.333. The van der Waals surface area contributed by atoms with Gasteiger partial charge in [0.15, 0.2) is 0 Å². The lowest BCUT2D eigenvalue weighted by molar-refractivity contribution is 0.414. The fourth-order valence-corrected chi connectivity index (χ4v) is 2.97. The monoisotopic (exact) mass is 322 g/mol. The summed E-state index contributed by atoms with van der Waals surface area (Å²) in [5, 5.41) is 0.829. The third kappa shape index (κ3) is 4.66. The third-order valence-corrected chi connectivity index (χ3v) is 4.38. The molecule has 0 saturated heterocycles. The molecule has 0 spiro atoms. The molecule has 0 heterocycles. The highest BCUT2D eigenvalue weighted by Crippen LogP contribution is 2.24. The van der Waals surface area contributed by atoms with Crippen LogP contribution in [0, 0.1) is 12.8 Å². The van der Waals surface area contributed by atoms with Crippen molar-refractivity contribution in [2.75, 3.05) is 13.0 Å². The number of rotatable bonds is 6. The summed E-state index contributed by atoms with van der Waals surface area (Å²) in [5.74, 6) is 1.86. The Balaban J connectivity index is 2.09. The second-order valence-electron chi connectivity index (χ2n) is 5.37. The van der Waals surface area contributed by atoms with E-state index < -0.39 is 0 Å². The van der Waals surface area contributed by atoms with Crippen LogP contribution in [0.25, 0.3) is 0 Å². The van der Waals surface area contributed by atoms with Crippen molar-refractivity contribution >= 4 is 23.2 Å². The number of methoxy groups -OCH3 is 1. The number of hydrogen-bond acceptors (Lipinski definition) is 1. The van der Waals surface area contributed by atoms with Crippen LogP contribution in [-0.2, 0) is 12.8 Å². The van der Waals surface area contributed by atoms with Crippen molar-refractivity contribution in [2.45, 2.75) is 19.8 Å². The van der Waals surface area contributed by atoms with Crippen molar-refractivity contribution in [3.63, 3.8) is 0 Å². The summed E-state index contributed by atoms with van der Waals surface area (Å²) in [4.78, 5) is 0. The van der Waals surface area contributed by atoms with Gasteiger partial charge in [0, 0.05) is 10.9 Å². The molecule has 1 nitrogen and oxygen atoms in total. The molecule has 2 rings (SSSR count). The third-order valence-electron chi connectivity index (χ3n) is 3.59. The molecule has 0 aromatic heterocycles. The van der Waals surface area contributed by atoms with E-state index in [1.165, 1.54) is 11.1 Å². The second-order valence-corrected chi connectivity index (χ2v) is 6.09. The molecule has 0 N–H and O–H groups in total. The molecule has 2 aromatic rings. The van der Waals surface area contributed by atoms with Crippen molar-refractivity contribution < 1.29 is 4.74 Å². The average Bonchev–Trinajstić information content (AvgIpc) is 2.49. The topological polar surface area (TPSA) is 9.23 Å². The maximum absolute atomic E-state index is 6.32. The van der Waals surface area contributed by atoms with Crippen LogP contribution in [0.2, 0.25) is 5.02 Å². The van der Waals surface area contributed by atoms with E-state index in [1.54, 1.807) is 7.11 Å². The molecule has 21 heavy (non-hydrogen) atoms. The summed E-state index contributed by atoms with van der Waals surface area (Å²) >= 11 is 12.5. The van der Waals surface area contributed by atoms with Gasteiger partial charge in [0.2, 0.25) is 0 Å². The Hall–Kier alpha value is -1.18. The molecule has 0 aliphatic rings. The molecule has 0 amide bonds. The zero-order valence-corrected chi connectivity index (χ0v) is 13.9. The molecule has 0 aliphatic carbocycles. The van der Waals surface area contributed by atoms with Crippen LogP contribution in [0.4, 0.5) is 0 Å². The van der Waals surface area contributed by atoms with E-state index in [0.717, 1.165) is 29.2 Å². The Morgan fingerprint density at radius 2 is 1.90 bits per heavy atom. The largest absolute Gasteiger partial charge is 0.497 e. The van der Waals surface area contributed by atoms with Gasteiger partial charge in [-0.3, -0.25) is 0 Å². The van der Waals surface area contributed by atoms with Crippen LogP contribution in [0.5, 0.6) is 5.75 Å². The Bertz CT molecular complexity index is 596. The van der Waals surface area contributed by atoms with Gasteiger partial charge < -0.3 is 4.74 Å². The Morgan fingerprint density at radius 1 is 1.10 bits per heavy atom. The van der Waals surface area contributed by atoms with Crippen molar-refractivity contribution in [1.82, 2.24) is 0 Å². The number of aryl methyl sites for hydroxylation is 1. The lowest BCUT2D eigenvalue weighted by Crippen LogP contribution is -2.10. The highest BCUT2D eigenvalue weighted by molar-refractivity contribution is 6.31. The molecular formula is C18H20Cl2O. The first kappa shape index (κ1) is 16.2. The second kappa shape index (κ2) is 7.72. The molecule has 0 aliphatic heterocycles. The van der Waals surface area contributed by atoms with Gasteiger partial charge in [0.05, 0.1) is 7.11 Å². The van der Waals surface area contributed by atoms with Crippen LogP contribution in [-0.4, -0.2) is 13.0 Å². The molecule has 3 heteroatoms. The minimum atomic E-state index is 0.360. The number of ether oxygens (including phenoxy) is 1. The predicted molar refractivity (Wildman–Crippen MR) is 90.8 cm³/mol. The van der Waals surface area contributed by atoms with Crippen molar-refractivity contribution in [2.24, 2.45) is 5.92 Å². The van der Waals surface area contributed by atoms with E-state index in [1.807, 2.05) is 25.1 Å². The number of alkyl halides is 1. The summed E-state index contributed by atoms with van der Waals surface area (Å²) in [7, 11) is 1.68. The van der Waals surface area contributed by atoms with E-state index in [0.29, 0.717) is 11.8 Å². The molecule has 112 valence electrons. The predicted octanol–water partition coefficient (Wildman–Crippen LogP) is 5.30. The number of benzene rings is 2. The minimum absolute atomic E-state index is 0.360. The van der Waals surface area contributed by atoms with E-state index in [9.17, 15) is 0 Å². The van der Waals surface area contributed by atoms with Crippen LogP contribution >= 0.6 is 23.2 Å². The highest BCUT2D eigenvalue weighted by Gasteiger charge is 2.12. The number of hydrogen-bond donors (Lipinski definition) is 0. The summed E-state index contributed by atoms with van der Waals surface area (Å²) in [6.07, 6.45) is 1.81. The van der Waals surface area contributed by atoms with Gasteiger partial charge in [-0.25, -0.2) is 0 Å². The summed E-state index contributed by atoms with van der Waals surface area (Å²) in [6.45, 7) is 2.05. The van der Waals surface area contributed by atoms with Gasteiger partial charge in [-0.15, -0.1) is 11.6 Å². The van der Waals surface area contributed by atoms with E-state index >= 15 is 0 Å². The number of halogens is 2. The zero-order chi connectivity index (χ0) is 15.2. The molecule has 1 atom stereocenters. The van der Waals surface area contributed by atoms with E-state index in [-0.39, 0.29) is 0 Å². The average molecular weight is 323 g/mol. The minimum Gasteiger partial charge on any atom is -0.497 e. The molecule has 0 saturated carbocycles. The van der Waals surface area contributed by atoms with Gasteiger partial charge in [-0.2, -0.15) is 0 Å². The first-order chi connectivity index (χ1) is 10.1. The van der Waals surface area contributed by atoms with Crippen LogP contribution in [0.15, 0.2) is 42.5 Å². The normalized spacial score (nSPS) is 12.2. The standard InChI is InChI=1S/C18H20Cl2O/c1-13-6-7-16(18(20)8-13)10-15(12-19)9-14-4-3-5-17(11-14)21-2/h3-8,11,15H,9-10,12H2,1-2H3. The molecule has 0 bridgehead atoms. The summed E-state index contributed by atoms with van der Waals surface area (Å²) < 4.78 is 5.27. The summed E-state index contributed by atoms with van der Waals surface area (Å²) in [5.41, 5.74) is 3.58. The van der Waals surface area contributed by atoms with Crippen molar-refractivity contribution in [3.05, 3.63) is 64.2 Å². The molecule has 1 unspecified atom stereocenters. The maximum atomic E-state index is 6.32. The van der Waals surface area contributed by atoms with Gasteiger partial charge in [-0.1, -0.05) is 35.9 Å². The quantitative estimate of drug-likeness (QED) is 0.656. The first-order valence-electron chi connectivity index (χ1n) is 7.06. The van der Waals surface area contributed by atoms with Crippen LogP contribution in [0.3, 0.4) is 0 Å². The lowest BCUT2D eigenvalue weighted by atomic mass is 9.93. The fourth-order valence-electron chi connectivity index (χ4n) is 2.44. The van der Waals surface area contributed by atoms with Crippen molar-refractivity contribution in [3.8, 4) is 5.75 Å². The van der Waals surface area contributed by atoms with Crippen molar-refractivity contribution in [1.29, 1.82) is 0 Å². The zero-order valence-electron chi connectivity index (χ0n) is 12.4. The smallest absolute Gasteiger partial charge is 0.119 e. The lowest BCUT2D eigenvalue weighted by Gasteiger charge is -2.16. The molecule has 0 fully saturated rings. The van der Waals surface area contributed by atoms with Crippen LogP contribution in [0.1, 0.15) is 16.7 Å². The highest BCUT2D eigenvalue weighted by atomic mass is 35.5. The van der Waals surface area contributed by atoms with Gasteiger partial charge >= 0.3 is 0 Å². The Morgan fingerprint density at radius 3 is 2.57 bits per heavy atom. The van der Waals surface area contributed by atoms with Gasteiger partial charge in [0.1, 0.15) is 5.75 Å². The molecule has 0 radical (unpaired) electrons. The maximum Gasteiger partial charge on any atom is 0.119 e. The summed E-state index contributed by atoms with van der Waals surface area (Å²) in [6, 6.07) is 14.3. The van der Waals surface area contributed by atoms with E-state index in [4.69, 9.17) is 27.9 Å². The Labute approximate surface area is 136 Å². The van der Waals surface area contributed by atoms with Gasteiger partial charge in [0.25, 0.3) is 0 Å². The molecular weight excluding hydrogens is 303 g/mol. The first-order valence-corrected chi connectivity index (χ1v) is 7.97. The molecule has 2 aromatic carbocycles. The van der Waals surface area contributed by atoms with Crippen LogP contribution < -0.4 is 4.74 Å². The van der Waals surface area contributed by atoms with Gasteiger partial charge in [-0.05, 0) is 60.6 Å². The Kier molecular flexibility index (Phi) is 5.96. The van der Waals surface area contributed by atoms with E-state index in [2.05, 4.69) is 24.3 Å². The SMILES string of the molecule is COc1cccc(CC(CCl)Cc2ccc(C)cc2Cl)c1.